The fourth-order valence-corrected chi connectivity index (χ4v) is 3.48. The number of anilines is 2. The van der Waals surface area contributed by atoms with Gasteiger partial charge in [-0.1, -0.05) is 18.2 Å². The number of carbonyl (C=O) groups is 1. The van der Waals surface area contributed by atoms with Gasteiger partial charge in [-0.15, -0.1) is 0 Å². The standard InChI is InChI=1S/C22H20F2N4O/c23-18-6-1-4-15(10-18)17-12-25-22(26-13-17)28-9-3-5-16(14-28)21(29)27-20-8-2-7-19(24)11-20/h1-2,4,6-8,10-13,16H,3,5,9,14H2,(H,27,29)/t16-/m1/s1. The summed E-state index contributed by atoms with van der Waals surface area (Å²) in [5.41, 5.74) is 1.89. The number of benzene rings is 2. The van der Waals surface area contributed by atoms with Crippen LogP contribution in [0.1, 0.15) is 12.8 Å². The first-order chi connectivity index (χ1) is 14.1. The molecule has 0 bridgehead atoms. The molecule has 1 N–H and O–H groups in total. The van der Waals surface area contributed by atoms with Crippen molar-refractivity contribution >= 4 is 17.5 Å². The Labute approximate surface area is 167 Å². The lowest BCUT2D eigenvalue weighted by atomic mass is 9.97. The molecule has 7 heteroatoms. The summed E-state index contributed by atoms with van der Waals surface area (Å²) in [4.78, 5) is 23.4. The zero-order valence-electron chi connectivity index (χ0n) is 15.7. The average Bonchev–Trinajstić information content (AvgIpc) is 2.74. The van der Waals surface area contributed by atoms with Crippen LogP contribution >= 0.6 is 0 Å². The third-order valence-electron chi connectivity index (χ3n) is 4.96. The molecule has 0 saturated carbocycles. The van der Waals surface area contributed by atoms with Gasteiger partial charge in [-0.25, -0.2) is 18.7 Å². The Bertz CT molecular complexity index is 1010. The minimum absolute atomic E-state index is 0.142. The van der Waals surface area contributed by atoms with E-state index in [0.717, 1.165) is 24.9 Å². The van der Waals surface area contributed by atoms with E-state index >= 15 is 0 Å². The maximum Gasteiger partial charge on any atom is 0.229 e. The molecule has 1 atom stereocenters. The van der Waals surface area contributed by atoms with Gasteiger partial charge < -0.3 is 10.2 Å². The number of nitrogens with zero attached hydrogens (tertiary/aromatic N) is 3. The van der Waals surface area contributed by atoms with Crippen LogP contribution < -0.4 is 10.2 Å². The van der Waals surface area contributed by atoms with E-state index in [2.05, 4.69) is 15.3 Å². The summed E-state index contributed by atoms with van der Waals surface area (Å²) < 4.78 is 26.7. The molecule has 0 aliphatic carbocycles. The topological polar surface area (TPSA) is 58.1 Å². The molecule has 29 heavy (non-hydrogen) atoms. The van der Waals surface area contributed by atoms with Crippen molar-refractivity contribution < 1.29 is 13.6 Å². The molecule has 148 valence electrons. The molecule has 4 rings (SSSR count). The van der Waals surface area contributed by atoms with Crippen LogP contribution in [0.2, 0.25) is 0 Å². The van der Waals surface area contributed by atoms with Crippen LogP contribution in [-0.2, 0) is 4.79 Å². The molecule has 1 aliphatic rings. The normalized spacial score (nSPS) is 16.5. The number of hydrogen-bond donors (Lipinski definition) is 1. The monoisotopic (exact) mass is 394 g/mol. The van der Waals surface area contributed by atoms with Crippen molar-refractivity contribution in [2.75, 3.05) is 23.3 Å². The van der Waals surface area contributed by atoms with Gasteiger partial charge >= 0.3 is 0 Å². The Balaban J connectivity index is 1.43. The summed E-state index contributed by atoms with van der Waals surface area (Å²) in [5, 5.41) is 2.78. The molecular weight excluding hydrogens is 374 g/mol. The summed E-state index contributed by atoms with van der Waals surface area (Å²) in [5.74, 6) is -0.543. The first-order valence-electron chi connectivity index (χ1n) is 9.48. The van der Waals surface area contributed by atoms with Gasteiger partial charge in [-0.3, -0.25) is 4.79 Å². The van der Waals surface area contributed by atoms with Crippen LogP contribution in [0.4, 0.5) is 20.4 Å². The quantitative estimate of drug-likeness (QED) is 0.718. The number of carbonyl (C=O) groups excluding carboxylic acids is 1. The van der Waals surface area contributed by atoms with Crippen LogP contribution in [0.25, 0.3) is 11.1 Å². The maximum atomic E-state index is 13.4. The van der Waals surface area contributed by atoms with E-state index in [1.807, 2.05) is 4.90 Å². The zero-order chi connectivity index (χ0) is 20.2. The lowest BCUT2D eigenvalue weighted by molar-refractivity contribution is -0.120. The molecule has 1 amide bonds. The van der Waals surface area contributed by atoms with Gasteiger partial charge in [0.15, 0.2) is 0 Å². The Morgan fingerprint density at radius 2 is 1.72 bits per heavy atom. The number of halogens is 2. The van der Waals surface area contributed by atoms with E-state index in [1.165, 1.54) is 24.3 Å². The summed E-state index contributed by atoms with van der Waals surface area (Å²) >= 11 is 0. The summed E-state index contributed by atoms with van der Waals surface area (Å²) in [6, 6.07) is 12.1. The first kappa shape index (κ1) is 19.0. The minimum Gasteiger partial charge on any atom is -0.340 e. The fourth-order valence-electron chi connectivity index (χ4n) is 3.48. The Hall–Kier alpha value is -3.35. The lowest BCUT2D eigenvalue weighted by Gasteiger charge is -2.32. The second-order valence-electron chi connectivity index (χ2n) is 7.07. The highest BCUT2D eigenvalue weighted by Crippen LogP contribution is 2.24. The van der Waals surface area contributed by atoms with Crippen molar-refractivity contribution in [3.63, 3.8) is 0 Å². The second kappa shape index (κ2) is 8.34. The minimum atomic E-state index is -0.389. The molecule has 0 radical (unpaired) electrons. The Morgan fingerprint density at radius 3 is 2.45 bits per heavy atom. The number of hydrogen-bond acceptors (Lipinski definition) is 4. The van der Waals surface area contributed by atoms with Crippen molar-refractivity contribution in [1.29, 1.82) is 0 Å². The summed E-state index contributed by atoms with van der Waals surface area (Å²) in [6.45, 7) is 1.24. The molecule has 1 saturated heterocycles. The van der Waals surface area contributed by atoms with Crippen LogP contribution in [0.15, 0.2) is 60.9 Å². The van der Waals surface area contributed by atoms with Gasteiger partial charge in [0.25, 0.3) is 0 Å². The number of amides is 1. The van der Waals surface area contributed by atoms with Gasteiger partial charge in [0.05, 0.1) is 5.92 Å². The van der Waals surface area contributed by atoms with Crippen LogP contribution in [0.5, 0.6) is 0 Å². The van der Waals surface area contributed by atoms with E-state index in [-0.39, 0.29) is 23.5 Å². The third-order valence-corrected chi connectivity index (χ3v) is 4.96. The van der Waals surface area contributed by atoms with Crippen molar-refractivity contribution in [2.45, 2.75) is 12.8 Å². The summed E-state index contributed by atoms with van der Waals surface area (Å²) in [7, 11) is 0. The predicted octanol–water partition coefficient (Wildman–Crippen LogP) is 4.28. The van der Waals surface area contributed by atoms with Crippen molar-refractivity contribution in [3.05, 3.63) is 72.6 Å². The predicted molar refractivity (Wildman–Crippen MR) is 107 cm³/mol. The van der Waals surface area contributed by atoms with Gasteiger partial charge in [0.2, 0.25) is 11.9 Å². The van der Waals surface area contributed by atoms with Crippen molar-refractivity contribution in [3.8, 4) is 11.1 Å². The van der Waals surface area contributed by atoms with Gasteiger partial charge in [0, 0.05) is 36.7 Å². The molecule has 2 aromatic carbocycles. The molecule has 0 spiro atoms. The van der Waals surface area contributed by atoms with Gasteiger partial charge in [0.1, 0.15) is 11.6 Å². The third kappa shape index (κ3) is 4.56. The lowest BCUT2D eigenvalue weighted by Crippen LogP contribution is -2.41. The van der Waals surface area contributed by atoms with E-state index in [1.54, 1.807) is 36.7 Å². The molecule has 0 unspecified atom stereocenters. The van der Waals surface area contributed by atoms with Crippen molar-refractivity contribution in [1.82, 2.24) is 9.97 Å². The van der Waals surface area contributed by atoms with E-state index in [9.17, 15) is 13.6 Å². The molecule has 2 heterocycles. The highest BCUT2D eigenvalue weighted by molar-refractivity contribution is 5.93. The number of aromatic nitrogens is 2. The summed E-state index contributed by atoms with van der Waals surface area (Å²) in [6.07, 6.45) is 4.90. The van der Waals surface area contributed by atoms with E-state index < -0.39 is 0 Å². The number of rotatable bonds is 4. The zero-order valence-corrected chi connectivity index (χ0v) is 15.7. The molecular formula is C22H20F2N4O. The fraction of sp³-hybridized carbons (Fsp3) is 0.227. The van der Waals surface area contributed by atoms with Gasteiger partial charge in [-0.05, 0) is 48.7 Å². The second-order valence-corrected chi connectivity index (χ2v) is 7.07. The number of piperidine rings is 1. The smallest absolute Gasteiger partial charge is 0.229 e. The molecule has 1 aromatic heterocycles. The molecule has 5 nitrogen and oxygen atoms in total. The van der Waals surface area contributed by atoms with E-state index in [4.69, 9.17) is 0 Å². The molecule has 3 aromatic rings. The van der Waals surface area contributed by atoms with Crippen LogP contribution in [0.3, 0.4) is 0 Å². The number of nitrogens with one attached hydrogen (secondary N) is 1. The highest BCUT2D eigenvalue weighted by atomic mass is 19.1. The average molecular weight is 394 g/mol. The Morgan fingerprint density at radius 1 is 1.00 bits per heavy atom. The first-order valence-corrected chi connectivity index (χ1v) is 9.48. The molecule has 1 aliphatic heterocycles. The van der Waals surface area contributed by atoms with Gasteiger partial charge in [-0.2, -0.15) is 0 Å². The van der Waals surface area contributed by atoms with Crippen molar-refractivity contribution in [2.24, 2.45) is 5.92 Å². The highest BCUT2D eigenvalue weighted by Gasteiger charge is 2.27. The maximum absolute atomic E-state index is 13.4. The SMILES string of the molecule is O=C(Nc1cccc(F)c1)[C@@H]1CCCN(c2ncc(-c3cccc(F)c3)cn2)C1. The van der Waals surface area contributed by atoms with Crippen LogP contribution in [0, 0.1) is 17.6 Å². The van der Waals surface area contributed by atoms with Crippen LogP contribution in [-0.4, -0.2) is 29.0 Å². The van der Waals surface area contributed by atoms with E-state index in [0.29, 0.717) is 23.7 Å². The molecule has 1 fully saturated rings. The largest absolute Gasteiger partial charge is 0.340 e. The Kier molecular flexibility index (Phi) is 5.46.